The zero-order valence-corrected chi connectivity index (χ0v) is 24.6. The van der Waals surface area contributed by atoms with Gasteiger partial charge in [0, 0.05) is 40.7 Å². The van der Waals surface area contributed by atoms with E-state index in [0.29, 0.717) is 42.6 Å². The zero-order chi connectivity index (χ0) is 29.3. The Morgan fingerprint density at radius 3 is 2.50 bits per heavy atom. The average Bonchev–Trinajstić information content (AvgIpc) is 3.25. The molecule has 1 aliphatic carbocycles. The van der Waals surface area contributed by atoms with Crippen LogP contribution in [-0.2, 0) is 19.9 Å². The minimum absolute atomic E-state index is 0.0381. The van der Waals surface area contributed by atoms with Crippen LogP contribution in [0.4, 0.5) is 4.79 Å². The molecule has 10 heteroatoms. The molecule has 2 aromatic carbocycles. The molecule has 212 valence electrons. The second kappa shape index (κ2) is 8.99. The Balaban J connectivity index is 1.39. The van der Waals surface area contributed by atoms with Gasteiger partial charge in [-0.3, -0.25) is 9.35 Å². The fraction of sp³-hybridized carbons (Fsp3) is 0.433. The maximum absolute atomic E-state index is 13.7. The van der Waals surface area contributed by atoms with E-state index in [0.717, 1.165) is 34.0 Å². The summed E-state index contributed by atoms with van der Waals surface area (Å²) < 4.78 is 33.3. The number of hydrogen-bond acceptors (Lipinski definition) is 5. The minimum atomic E-state index is -4.63. The lowest BCUT2D eigenvalue weighted by Gasteiger charge is -2.50. The number of rotatable bonds is 3. The Morgan fingerprint density at radius 2 is 1.88 bits per heavy atom. The smallest absolute Gasteiger partial charge is 0.426 e. The normalized spacial score (nSPS) is 18.8. The molecular formula is C30H36N4O5S. The van der Waals surface area contributed by atoms with Crippen molar-refractivity contribution in [3.8, 4) is 6.07 Å². The number of nitriles is 1. The molecule has 0 saturated carbocycles. The van der Waals surface area contributed by atoms with Crippen molar-refractivity contribution < 1.29 is 23.1 Å². The number of nitrogens with one attached hydrogen (secondary N) is 2. The predicted octanol–water partition coefficient (Wildman–Crippen LogP) is 5.37. The van der Waals surface area contributed by atoms with Gasteiger partial charge in [-0.1, -0.05) is 47.8 Å². The van der Waals surface area contributed by atoms with Gasteiger partial charge in [-0.2, -0.15) is 13.8 Å². The summed E-state index contributed by atoms with van der Waals surface area (Å²) in [5.41, 5.74) is 4.20. The Labute approximate surface area is 234 Å². The molecule has 1 aliphatic heterocycles. The molecule has 2 aliphatic rings. The SMILES string of the molecule is CC(C)(C)OC(=O)NS(C)(=O)(O)N1CCC(c2ccc3c(c2)C(C)(C)c2[nH]c4cc(C#N)ccc4c2C3=O)CC1. The standard InChI is InChI=1S/C30H36N4O5S/c1-29(2,3)39-28(36)33-40(6,37,38)34-13-11-19(12-14-34)20-8-10-21-23(16-20)30(4,5)27-25(26(21)35)22-9-7-18(17-31)15-24(22)32-27/h7-10,15-16,19,32H,11-14H2,1-6H3,(H2,33,36,37,38). The minimum Gasteiger partial charge on any atom is -0.443 e. The second-order valence-corrected chi connectivity index (χ2v) is 15.7. The Bertz CT molecular complexity index is 1660. The molecule has 0 atom stereocenters. The van der Waals surface area contributed by atoms with Crippen molar-refractivity contribution >= 4 is 32.5 Å². The highest BCUT2D eigenvalue weighted by molar-refractivity contribution is 8.11. The van der Waals surface area contributed by atoms with E-state index in [4.69, 9.17) is 4.74 Å². The van der Waals surface area contributed by atoms with E-state index in [9.17, 15) is 23.6 Å². The van der Waals surface area contributed by atoms with Gasteiger partial charge in [-0.05, 0) is 62.8 Å². The summed E-state index contributed by atoms with van der Waals surface area (Å²) in [5.74, 6) is 0.0864. The first-order chi connectivity index (χ1) is 18.5. The molecule has 1 aromatic heterocycles. The number of hydrogen-bond donors (Lipinski definition) is 3. The van der Waals surface area contributed by atoms with Crippen LogP contribution in [0, 0.1) is 11.3 Å². The van der Waals surface area contributed by atoms with E-state index in [2.05, 4.69) is 35.7 Å². The third-order valence-electron chi connectivity index (χ3n) is 7.99. The topological polar surface area (TPSA) is 136 Å². The predicted molar refractivity (Wildman–Crippen MR) is 155 cm³/mol. The largest absolute Gasteiger partial charge is 0.443 e. The summed E-state index contributed by atoms with van der Waals surface area (Å²) >= 11 is 0. The van der Waals surface area contributed by atoms with Crippen LogP contribution in [0.25, 0.3) is 10.9 Å². The molecule has 0 radical (unpaired) electrons. The number of carbonyl (C=O) groups excluding carboxylic acids is 2. The van der Waals surface area contributed by atoms with E-state index in [1.807, 2.05) is 18.2 Å². The number of fused-ring (bicyclic) bond motifs is 4. The van der Waals surface area contributed by atoms with Crippen molar-refractivity contribution in [3.05, 3.63) is 69.9 Å². The number of carbonyl (C=O) groups is 2. The van der Waals surface area contributed by atoms with Crippen LogP contribution in [0.2, 0.25) is 0 Å². The molecule has 40 heavy (non-hydrogen) atoms. The summed E-state index contributed by atoms with van der Waals surface area (Å²) in [6.07, 6.45) is 1.44. The number of H-pyrrole nitrogens is 1. The summed E-state index contributed by atoms with van der Waals surface area (Å²) in [5, 5.41) is 10.1. The highest BCUT2D eigenvalue weighted by Crippen LogP contribution is 2.45. The monoisotopic (exact) mass is 564 g/mol. The molecule has 9 nitrogen and oxygen atoms in total. The number of ketones is 1. The molecule has 1 saturated heterocycles. The third kappa shape index (κ3) is 4.83. The number of amides is 1. The van der Waals surface area contributed by atoms with E-state index in [1.165, 1.54) is 4.31 Å². The van der Waals surface area contributed by atoms with E-state index >= 15 is 0 Å². The van der Waals surface area contributed by atoms with Crippen molar-refractivity contribution in [2.75, 3.05) is 19.3 Å². The lowest BCUT2D eigenvalue weighted by Crippen LogP contribution is -2.62. The van der Waals surface area contributed by atoms with Gasteiger partial charge in [0.1, 0.15) is 5.60 Å². The summed E-state index contributed by atoms with van der Waals surface area (Å²) in [4.78, 5) is 29.4. The number of benzene rings is 2. The molecule has 1 fully saturated rings. The van der Waals surface area contributed by atoms with Crippen LogP contribution in [0.3, 0.4) is 0 Å². The Kier molecular flexibility index (Phi) is 6.30. The number of ether oxygens (including phenoxy) is 1. The molecule has 2 heterocycles. The van der Waals surface area contributed by atoms with E-state index in [-0.39, 0.29) is 11.7 Å². The van der Waals surface area contributed by atoms with Crippen molar-refractivity contribution in [1.29, 1.82) is 5.26 Å². The lowest BCUT2D eigenvalue weighted by molar-refractivity contribution is 0.0559. The molecule has 0 bridgehead atoms. The zero-order valence-electron chi connectivity index (χ0n) is 23.8. The van der Waals surface area contributed by atoms with Crippen LogP contribution in [0.1, 0.15) is 91.7 Å². The van der Waals surface area contributed by atoms with Crippen molar-refractivity contribution in [1.82, 2.24) is 14.0 Å². The van der Waals surface area contributed by atoms with Crippen molar-refractivity contribution in [3.63, 3.8) is 0 Å². The van der Waals surface area contributed by atoms with Crippen molar-refractivity contribution in [2.45, 2.75) is 64.4 Å². The van der Waals surface area contributed by atoms with Crippen LogP contribution >= 0.6 is 0 Å². The molecule has 3 N–H and O–H groups in total. The lowest BCUT2D eigenvalue weighted by atomic mass is 9.70. The molecule has 3 aromatic rings. The second-order valence-electron chi connectivity index (χ2n) is 12.5. The van der Waals surface area contributed by atoms with E-state index in [1.54, 1.807) is 32.9 Å². The highest BCUT2D eigenvalue weighted by atomic mass is 32.3. The third-order valence-corrected chi connectivity index (χ3v) is 10.2. The van der Waals surface area contributed by atoms with Crippen LogP contribution in [0.15, 0.2) is 36.4 Å². The fourth-order valence-corrected chi connectivity index (χ4v) is 7.57. The number of nitrogens with zero attached hydrogens (tertiary/aromatic N) is 2. The number of aromatic nitrogens is 1. The Morgan fingerprint density at radius 1 is 1.20 bits per heavy atom. The van der Waals surface area contributed by atoms with Gasteiger partial charge in [-0.25, -0.2) is 9.52 Å². The maximum atomic E-state index is 13.7. The van der Waals surface area contributed by atoms with Gasteiger partial charge < -0.3 is 9.72 Å². The molecular weight excluding hydrogens is 528 g/mol. The van der Waals surface area contributed by atoms with Gasteiger partial charge in [-0.15, -0.1) is 0 Å². The molecule has 0 spiro atoms. The Hall–Kier alpha value is -3.52. The van der Waals surface area contributed by atoms with Gasteiger partial charge in [0.2, 0.25) is 0 Å². The summed E-state index contributed by atoms with van der Waals surface area (Å²) in [6.45, 7) is 9.89. The van der Waals surface area contributed by atoms with E-state index < -0.39 is 26.8 Å². The number of piperidine rings is 1. The highest BCUT2D eigenvalue weighted by Gasteiger charge is 2.41. The average molecular weight is 565 g/mol. The molecule has 0 unspecified atom stereocenters. The van der Waals surface area contributed by atoms with Gasteiger partial charge in [0.05, 0.1) is 23.5 Å². The van der Waals surface area contributed by atoms with Gasteiger partial charge in [0.25, 0.3) is 0 Å². The van der Waals surface area contributed by atoms with Crippen LogP contribution < -0.4 is 4.72 Å². The first kappa shape index (κ1) is 28.0. The van der Waals surface area contributed by atoms with Crippen LogP contribution in [-0.4, -0.2) is 54.9 Å². The van der Waals surface area contributed by atoms with Crippen LogP contribution in [0.5, 0.6) is 0 Å². The van der Waals surface area contributed by atoms with Crippen molar-refractivity contribution in [2.24, 2.45) is 0 Å². The van der Waals surface area contributed by atoms with Gasteiger partial charge >= 0.3 is 6.09 Å². The molecule has 5 rings (SSSR count). The molecule has 1 amide bonds. The summed E-state index contributed by atoms with van der Waals surface area (Å²) in [6, 6.07) is 13.5. The number of aromatic amines is 1. The first-order valence-electron chi connectivity index (χ1n) is 13.4. The van der Waals surface area contributed by atoms with Gasteiger partial charge in [0.15, 0.2) is 5.78 Å². The fourth-order valence-electron chi connectivity index (χ4n) is 5.95. The first-order valence-corrected chi connectivity index (χ1v) is 15.7. The summed E-state index contributed by atoms with van der Waals surface area (Å²) in [7, 11) is -4.63. The quantitative estimate of drug-likeness (QED) is 0.392. The maximum Gasteiger partial charge on any atom is 0.426 e.